The van der Waals surface area contributed by atoms with E-state index in [-0.39, 0.29) is 18.1 Å². The molecule has 96 valence electrons. The molecule has 0 atom stereocenters. The van der Waals surface area contributed by atoms with Gasteiger partial charge in [0.1, 0.15) is 12.2 Å². The van der Waals surface area contributed by atoms with Crippen molar-refractivity contribution < 1.29 is 14.7 Å². The molecular formula is C13H16N2O3. The lowest BCUT2D eigenvalue weighted by atomic mass is 10.2. The minimum Gasteiger partial charge on any atom is -0.477 e. The van der Waals surface area contributed by atoms with E-state index in [1.807, 2.05) is 0 Å². The van der Waals surface area contributed by atoms with Gasteiger partial charge in [-0.15, -0.1) is 12.3 Å². The number of nitrogens with one attached hydrogen (secondary N) is 1. The summed E-state index contributed by atoms with van der Waals surface area (Å²) in [5, 5.41) is 11.6. The van der Waals surface area contributed by atoms with Crippen molar-refractivity contribution in [2.24, 2.45) is 0 Å². The minimum absolute atomic E-state index is 0.0176. The maximum absolute atomic E-state index is 11.6. The van der Waals surface area contributed by atoms with Crippen molar-refractivity contribution in [1.29, 1.82) is 0 Å². The highest BCUT2D eigenvalue weighted by Crippen LogP contribution is 2.02. The summed E-state index contributed by atoms with van der Waals surface area (Å²) in [5.74, 6) is 1.29. The first-order valence-corrected chi connectivity index (χ1v) is 5.73. The lowest BCUT2D eigenvalue weighted by molar-refractivity contribution is -0.121. The molecule has 0 aromatic carbocycles. The van der Waals surface area contributed by atoms with E-state index in [1.165, 1.54) is 10.6 Å². The summed E-state index contributed by atoms with van der Waals surface area (Å²) in [7, 11) is 0. The Balaban J connectivity index is 2.34. The Morgan fingerprint density at radius 1 is 1.44 bits per heavy atom. The predicted molar refractivity (Wildman–Crippen MR) is 67.1 cm³/mol. The van der Waals surface area contributed by atoms with E-state index in [0.29, 0.717) is 13.0 Å². The van der Waals surface area contributed by atoms with E-state index in [4.69, 9.17) is 11.5 Å². The summed E-state index contributed by atoms with van der Waals surface area (Å²) < 4.78 is 1.40. The molecule has 1 rings (SSSR count). The Labute approximate surface area is 106 Å². The van der Waals surface area contributed by atoms with Gasteiger partial charge in [0, 0.05) is 19.2 Å². The Morgan fingerprint density at radius 3 is 2.89 bits per heavy atom. The summed E-state index contributed by atoms with van der Waals surface area (Å²) in [5.41, 5.74) is 0.109. The zero-order valence-corrected chi connectivity index (χ0v) is 10.1. The Morgan fingerprint density at radius 2 is 2.22 bits per heavy atom. The van der Waals surface area contributed by atoms with Crippen LogP contribution in [0.15, 0.2) is 18.3 Å². The van der Waals surface area contributed by atoms with Crippen LogP contribution in [0.4, 0.5) is 0 Å². The SMILES string of the molecule is C#CCCCCNC(=O)Cn1cccc1C(=O)O. The van der Waals surface area contributed by atoms with Crippen LogP contribution in [0.3, 0.4) is 0 Å². The van der Waals surface area contributed by atoms with Gasteiger partial charge in [-0.3, -0.25) is 4.79 Å². The molecule has 0 radical (unpaired) electrons. The number of amides is 1. The average Bonchev–Trinajstić information content (AvgIpc) is 2.77. The first kappa shape index (κ1) is 13.8. The fourth-order valence-corrected chi connectivity index (χ4v) is 1.54. The quantitative estimate of drug-likeness (QED) is 0.561. The molecule has 1 aromatic heterocycles. The second kappa shape index (κ2) is 7.17. The topological polar surface area (TPSA) is 71.3 Å². The lowest BCUT2D eigenvalue weighted by Gasteiger charge is -2.07. The highest BCUT2D eigenvalue weighted by molar-refractivity contribution is 5.86. The monoisotopic (exact) mass is 248 g/mol. The zero-order chi connectivity index (χ0) is 13.4. The smallest absolute Gasteiger partial charge is 0.352 e. The van der Waals surface area contributed by atoms with Crippen LogP contribution in [0.1, 0.15) is 29.8 Å². The van der Waals surface area contributed by atoms with Gasteiger partial charge < -0.3 is 15.0 Å². The molecule has 1 aromatic rings. The lowest BCUT2D eigenvalue weighted by Crippen LogP contribution is -2.29. The Bertz CT molecular complexity index is 457. The van der Waals surface area contributed by atoms with E-state index in [1.54, 1.807) is 12.3 Å². The second-order valence-electron chi connectivity index (χ2n) is 3.84. The third-order valence-corrected chi connectivity index (χ3v) is 2.43. The van der Waals surface area contributed by atoms with Crippen molar-refractivity contribution in [3.8, 4) is 12.3 Å². The van der Waals surface area contributed by atoms with Gasteiger partial charge in [0.2, 0.25) is 5.91 Å². The van der Waals surface area contributed by atoms with Crippen LogP contribution >= 0.6 is 0 Å². The van der Waals surface area contributed by atoms with Crippen molar-refractivity contribution in [1.82, 2.24) is 9.88 Å². The van der Waals surface area contributed by atoms with Crippen molar-refractivity contribution in [3.05, 3.63) is 24.0 Å². The molecule has 0 aliphatic carbocycles. The molecule has 0 aliphatic rings. The third-order valence-electron chi connectivity index (χ3n) is 2.43. The van der Waals surface area contributed by atoms with Crippen molar-refractivity contribution in [3.63, 3.8) is 0 Å². The van der Waals surface area contributed by atoms with E-state index >= 15 is 0 Å². The van der Waals surface area contributed by atoms with Crippen molar-refractivity contribution in [2.45, 2.75) is 25.8 Å². The van der Waals surface area contributed by atoms with Crippen LogP contribution in [0.2, 0.25) is 0 Å². The van der Waals surface area contributed by atoms with Gasteiger partial charge in [-0.1, -0.05) is 0 Å². The summed E-state index contributed by atoms with van der Waals surface area (Å²) in [6.45, 7) is 0.577. The van der Waals surface area contributed by atoms with Gasteiger partial charge >= 0.3 is 5.97 Å². The Kier molecular flexibility index (Phi) is 5.52. The normalized spacial score (nSPS) is 9.72. The summed E-state index contributed by atoms with van der Waals surface area (Å²) in [6.07, 6.45) is 9.09. The fraction of sp³-hybridized carbons (Fsp3) is 0.385. The second-order valence-corrected chi connectivity index (χ2v) is 3.84. The fourth-order valence-electron chi connectivity index (χ4n) is 1.54. The van der Waals surface area contributed by atoms with E-state index in [2.05, 4.69) is 11.2 Å². The van der Waals surface area contributed by atoms with E-state index in [9.17, 15) is 9.59 Å². The predicted octanol–water partition coefficient (Wildman–Crippen LogP) is 1.11. The van der Waals surface area contributed by atoms with Crippen LogP contribution in [-0.4, -0.2) is 28.1 Å². The average molecular weight is 248 g/mol. The van der Waals surface area contributed by atoms with Crippen LogP contribution < -0.4 is 5.32 Å². The third kappa shape index (κ3) is 4.34. The van der Waals surface area contributed by atoms with Crippen LogP contribution in [0, 0.1) is 12.3 Å². The highest BCUT2D eigenvalue weighted by Gasteiger charge is 2.10. The summed E-state index contributed by atoms with van der Waals surface area (Å²) >= 11 is 0. The number of carboxylic acids is 1. The van der Waals surface area contributed by atoms with Crippen LogP contribution in [-0.2, 0) is 11.3 Å². The maximum Gasteiger partial charge on any atom is 0.352 e. The summed E-state index contributed by atoms with van der Waals surface area (Å²) in [6, 6.07) is 3.06. The van der Waals surface area contributed by atoms with Gasteiger partial charge in [0.05, 0.1) is 0 Å². The standard InChI is InChI=1S/C13H16N2O3/c1-2-3-4-5-8-14-12(16)10-15-9-6-7-11(15)13(17)18/h1,6-7,9H,3-5,8,10H2,(H,14,16)(H,17,18). The number of hydrogen-bond donors (Lipinski definition) is 2. The maximum atomic E-state index is 11.6. The first-order chi connectivity index (χ1) is 8.65. The number of carbonyl (C=O) groups excluding carboxylic acids is 1. The molecule has 5 nitrogen and oxygen atoms in total. The molecule has 1 heterocycles. The molecule has 0 unspecified atom stereocenters. The first-order valence-electron chi connectivity index (χ1n) is 5.73. The number of nitrogens with zero attached hydrogens (tertiary/aromatic N) is 1. The number of terminal acetylenes is 1. The summed E-state index contributed by atoms with van der Waals surface area (Å²) in [4.78, 5) is 22.4. The largest absolute Gasteiger partial charge is 0.477 e. The molecule has 0 spiro atoms. The molecule has 0 aliphatic heterocycles. The number of aromatic carboxylic acids is 1. The highest BCUT2D eigenvalue weighted by atomic mass is 16.4. The van der Waals surface area contributed by atoms with Crippen LogP contribution in [0.5, 0.6) is 0 Å². The number of rotatable bonds is 7. The van der Waals surface area contributed by atoms with Crippen LogP contribution in [0.25, 0.3) is 0 Å². The Hall–Kier alpha value is -2.22. The minimum atomic E-state index is -1.04. The number of carbonyl (C=O) groups is 2. The van der Waals surface area contributed by atoms with Gasteiger partial charge in [-0.25, -0.2) is 4.79 Å². The molecule has 0 saturated carbocycles. The van der Waals surface area contributed by atoms with Gasteiger partial charge in [0.15, 0.2) is 0 Å². The number of aromatic nitrogens is 1. The van der Waals surface area contributed by atoms with Crippen molar-refractivity contribution >= 4 is 11.9 Å². The molecule has 1 amide bonds. The molecule has 18 heavy (non-hydrogen) atoms. The molecule has 0 saturated heterocycles. The van der Waals surface area contributed by atoms with Gasteiger partial charge in [0.25, 0.3) is 0 Å². The molecule has 0 bridgehead atoms. The van der Waals surface area contributed by atoms with E-state index < -0.39 is 5.97 Å². The molecule has 0 fully saturated rings. The molecule has 2 N–H and O–H groups in total. The van der Waals surface area contributed by atoms with E-state index in [0.717, 1.165) is 12.8 Å². The molecule has 5 heteroatoms. The molecular weight excluding hydrogens is 232 g/mol. The number of carboxylic acid groups (broad SMARTS) is 1. The number of hydrogen-bond acceptors (Lipinski definition) is 2. The van der Waals surface area contributed by atoms with Crippen molar-refractivity contribution in [2.75, 3.05) is 6.54 Å². The van der Waals surface area contributed by atoms with Gasteiger partial charge in [-0.2, -0.15) is 0 Å². The number of unbranched alkanes of at least 4 members (excludes halogenated alkanes) is 2. The van der Waals surface area contributed by atoms with Gasteiger partial charge in [-0.05, 0) is 25.0 Å². The zero-order valence-electron chi connectivity index (χ0n) is 10.1.